The van der Waals surface area contributed by atoms with E-state index >= 15 is 0 Å². The summed E-state index contributed by atoms with van der Waals surface area (Å²) < 4.78 is 2.20. The Kier molecular flexibility index (Phi) is 2.90. The second kappa shape index (κ2) is 4.43. The lowest BCUT2D eigenvalue weighted by molar-refractivity contribution is 0.0703. The van der Waals surface area contributed by atoms with E-state index in [4.69, 9.17) is 5.73 Å². The smallest absolute Gasteiger partial charge is 0.223 e. The molecule has 0 saturated heterocycles. The molecule has 0 spiro atoms. The lowest BCUT2D eigenvalue weighted by Gasteiger charge is -2.27. The van der Waals surface area contributed by atoms with Crippen molar-refractivity contribution in [1.29, 1.82) is 0 Å². The highest BCUT2D eigenvalue weighted by Crippen LogP contribution is 2.30. The third-order valence-electron chi connectivity index (χ3n) is 3.31. The minimum atomic E-state index is -0.404. The van der Waals surface area contributed by atoms with E-state index in [1.165, 1.54) is 0 Å². The van der Waals surface area contributed by atoms with Gasteiger partial charge in [0, 0.05) is 0 Å². The zero-order chi connectivity index (χ0) is 12.7. The van der Waals surface area contributed by atoms with Gasteiger partial charge in [-0.1, -0.05) is 18.1 Å². The predicted molar refractivity (Wildman–Crippen MR) is 68.7 cm³/mol. The zero-order valence-corrected chi connectivity index (χ0v) is 11.2. The number of nitrogen functional groups attached to an aromatic ring is 1. The molecule has 1 saturated carbocycles. The third kappa shape index (κ3) is 1.85. The second-order valence-electron chi connectivity index (χ2n) is 4.50. The SMILES string of the molecule is Nc1nc(Br)c2nnn([C@H]3CCCC[C@H]3O)c2n1. The number of fused-ring (bicyclic) bond motifs is 1. The van der Waals surface area contributed by atoms with Gasteiger partial charge in [0.15, 0.2) is 11.2 Å². The van der Waals surface area contributed by atoms with Crippen molar-refractivity contribution in [1.82, 2.24) is 25.0 Å². The number of anilines is 1. The summed E-state index contributed by atoms with van der Waals surface area (Å²) in [5, 5.41) is 18.2. The number of aromatic nitrogens is 5. The van der Waals surface area contributed by atoms with Crippen LogP contribution in [0.5, 0.6) is 0 Å². The van der Waals surface area contributed by atoms with Crippen molar-refractivity contribution >= 4 is 33.0 Å². The van der Waals surface area contributed by atoms with Crippen LogP contribution in [-0.2, 0) is 0 Å². The first kappa shape index (κ1) is 11.8. The monoisotopic (exact) mass is 312 g/mol. The molecule has 96 valence electrons. The maximum absolute atomic E-state index is 10.1. The molecule has 2 heterocycles. The lowest BCUT2D eigenvalue weighted by Crippen LogP contribution is -2.28. The fourth-order valence-electron chi connectivity index (χ4n) is 2.41. The molecule has 3 rings (SSSR count). The van der Waals surface area contributed by atoms with Crippen LogP contribution in [0.1, 0.15) is 31.7 Å². The Morgan fingerprint density at radius 3 is 2.83 bits per heavy atom. The highest BCUT2D eigenvalue weighted by molar-refractivity contribution is 9.10. The summed E-state index contributed by atoms with van der Waals surface area (Å²) in [6, 6.07) is -0.0788. The van der Waals surface area contributed by atoms with E-state index in [2.05, 4.69) is 36.2 Å². The van der Waals surface area contributed by atoms with Crippen LogP contribution in [0.3, 0.4) is 0 Å². The molecule has 18 heavy (non-hydrogen) atoms. The Bertz CT molecular complexity index is 585. The maximum Gasteiger partial charge on any atom is 0.223 e. The number of halogens is 1. The van der Waals surface area contributed by atoms with Crippen LogP contribution in [0.25, 0.3) is 11.2 Å². The molecule has 2 aromatic heterocycles. The Morgan fingerprint density at radius 2 is 2.06 bits per heavy atom. The van der Waals surface area contributed by atoms with E-state index in [1.807, 2.05) is 0 Å². The molecule has 0 amide bonds. The first-order valence-corrected chi connectivity index (χ1v) is 6.68. The Balaban J connectivity index is 2.11. The lowest BCUT2D eigenvalue weighted by atomic mass is 9.93. The third-order valence-corrected chi connectivity index (χ3v) is 3.86. The van der Waals surface area contributed by atoms with Gasteiger partial charge in [0.25, 0.3) is 0 Å². The molecule has 2 atom stereocenters. The summed E-state index contributed by atoms with van der Waals surface area (Å²) in [6.07, 6.45) is 3.38. The van der Waals surface area contributed by atoms with Crippen LogP contribution in [0.2, 0.25) is 0 Å². The Labute approximate surface area is 112 Å². The molecule has 0 bridgehead atoms. The van der Waals surface area contributed by atoms with E-state index in [1.54, 1.807) is 4.68 Å². The molecule has 1 aliphatic carbocycles. The van der Waals surface area contributed by atoms with Crippen molar-refractivity contribution in [3.63, 3.8) is 0 Å². The molecule has 1 fully saturated rings. The van der Waals surface area contributed by atoms with Gasteiger partial charge in [0.2, 0.25) is 5.95 Å². The van der Waals surface area contributed by atoms with Gasteiger partial charge in [0.05, 0.1) is 12.1 Å². The Morgan fingerprint density at radius 1 is 1.28 bits per heavy atom. The maximum atomic E-state index is 10.1. The summed E-state index contributed by atoms with van der Waals surface area (Å²) in [4.78, 5) is 8.15. The standard InChI is InChI=1S/C10H13BrN6O/c11-8-7-9(14-10(12)13-8)17(16-15-7)5-3-1-2-4-6(5)18/h5-6,18H,1-4H2,(H2,12,13,14)/t5-,6+/m0/s1. The highest BCUT2D eigenvalue weighted by Gasteiger charge is 2.28. The van der Waals surface area contributed by atoms with Gasteiger partial charge in [-0.15, -0.1) is 5.10 Å². The van der Waals surface area contributed by atoms with Crippen molar-refractivity contribution in [2.75, 3.05) is 5.73 Å². The number of aliphatic hydroxyl groups excluding tert-OH is 1. The number of nitrogens with zero attached hydrogens (tertiary/aromatic N) is 5. The largest absolute Gasteiger partial charge is 0.391 e. The van der Waals surface area contributed by atoms with Crippen LogP contribution in [0, 0.1) is 0 Å². The van der Waals surface area contributed by atoms with Crippen LogP contribution in [0.4, 0.5) is 5.95 Å². The minimum Gasteiger partial charge on any atom is -0.391 e. The van der Waals surface area contributed by atoms with Crippen molar-refractivity contribution < 1.29 is 5.11 Å². The molecule has 0 radical (unpaired) electrons. The first-order chi connectivity index (χ1) is 8.66. The summed E-state index contributed by atoms with van der Waals surface area (Å²) in [5.41, 5.74) is 6.77. The number of rotatable bonds is 1. The normalized spacial score (nSPS) is 24.6. The second-order valence-corrected chi connectivity index (χ2v) is 5.25. The van der Waals surface area contributed by atoms with E-state index < -0.39 is 6.10 Å². The first-order valence-electron chi connectivity index (χ1n) is 5.89. The van der Waals surface area contributed by atoms with Crippen LogP contribution >= 0.6 is 15.9 Å². The van der Waals surface area contributed by atoms with Gasteiger partial charge in [0.1, 0.15) is 4.60 Å². The van der Waals surface area contributed by atoms with E-state index in [9.17, 15) is 5.11 Å². The Hall–Kier alpha value is -1.28. The number of hydrogen-bond acceptors (Lipinski definition) is 6. The predicted octanol–water partition coefficient (Wildman–Crippen LogP) is 1.04. The van der Waals surface area contributed by atoms with E-state index in [-0.39, 0.29) is 12.0 Å². The number of hydrogen-bond donors (Lipinski definition) is 2. The van der Waals surface area contributed by atoms with Crippen LogP contribution < -0.4 is 5.73 Å². The van der Waals surface area contributed by atoms with Crippen LogP contribution in [-0.4, -0.2) is 36.2 Å². The fourth-order valence-corrected chi connectivity index (χ4v) is 2.85. The number of nitrogens with two attached hydrogens (primary N) is 1. The van der Waals surface area contributed by atoms with Gasteiger partial charge < -0.3 is 10.8 Å². The van der Waals surface area contributed by atoms with Gasteiger partial charge in [-0.25, -0.2) is 9.67 Å². The minimum absolute atomic E-state index is 0.0788. The van der Waals surface area contributed by atoms with Gasteiger partial charge >= 0.3 is 0 Å². The van der Waals surface area contributed by atoms with Crippen molar-refractivity contribution in [3.8, 4) is 0 Å². The molecule has 0 unspecified atom stereocenters. The summed E-state index contributed by atoms with van der Waals surface area (Å²) in [6.45, 7) is 0. The molecule has 8 heteroatoms. The summed E-state index contributed by atoms with van der Waals surface area (Å²) in [7, 11) is 0. The van der Waals surface area contributed by atoms with Gasteiger partial charge in [-0.05, 0) is 28.8 Å². The number of aliphatic hydroxyl groups is 1. The molecular weight excluding hydrogens is 300 g/mol. The zero-order valence-electron chi connectivity index (χ0n) is 9.62. The molecule has 2 aromatic rings. The molecule has 7 nitrogen and oxygen atoms in total. The molecule has 0 aromatic carbocycles. The average Bonchev–Trinajstić information content (AvgIpc) is 2.73. The summed E-state index contributed by atoms with van der Waals surface area (Å²) in [5.74, 6) is 0.170. The molecular formula is C10H13BrN6O. The van der Waals surface area contributed by atoms with Gasteiger partial charge in [-0.3, -0.25) is 0 Å². The van der Waals surface area contributed by atoms with E-state index in [0.29, 0.717) is 15.8 Å². The quantitative estimate of drug-likeness (QED) is 0.763. The summed E-state index contributed by atoms with van der Waals surface area (Å²) >= 11 is 3.29. The topological polar surface area (TPSA) is 103 Å². The van der Waals surface area contributed by atoms with Crippen molar-refractivity contribution in [3.05, 3.63) is 4.60 Å². The van der Waals surface area contributed by atoms with Crippen LogP contribution in [0.15, 0.2) is 4.60 Å². The van der Waals surface area contributed by atoms with Crippen molar-refractivity contribution in [2.24, 2.45) is 0 Å². The molecule has 3 N–H and O–H groups in total. The fraction of sp³-hybridized carbons (Fsp3) is 0.600. The molecule has 1 aliphatic rings. The highest BCUT2D eigenvalue weighted by atomic mass is 79.9. The van der Waals surface area contributed by atoms with Crippen molar-refractivity contribution in [2.45, 2.75) is 37.8 Å². The molecule has 0 aliphatic heterocycles. The average molecular weight is 313 g/mol. The van der Waals surface area contributed by atoms with E-state index in [0.717, 1.165) is 25.7 Å². The van der Waals surface area contributed by atoms with Gasteiger partial charge in [-0.2, -0.15) is 4.98 Å².